The Balaban J connectivity index is 2.63. The molecule has 0 saturated heterocycles. The van der Waals surface area contributed by atoms with Crippen molar-refractivity contribution < 1.29 is 19.8 Å². The summed E-state index contributed by atoms with van der Waals surface area (Å²) in [5.41, 5.74) is 0.398. The van der Waals surface area contributed by atoms with Gasteiger partial charge < -0.3 is 15.5 Å². The highest BCUT2D eigenvalue weighted by Crippen LogP contribution is 2.14. The van der Waals surface area contributed by atoms with Crippen LogP contribution in [0.5, 0.6) is 5.75 Å². The predicted octanol–water partition coefficient (Wildman–Crippen LogP) is 0.971. The molecule has 0 fully saturated rings. The van der Waals surface area contributed by atoms with E-state index in [9.17, 15) is 9.59 Å². The SMILES string of the molecule is O=C(O)/C=C/C(=O)Nc1cccc(O)c1. The number of aliphatic carboxylic acids is 1. The lowest BCUT2D eigenvalue weighted by atomic mass is 10.3. The van der Waals surface area contributed by atoms with Crippen LogP contribution in [0, 0.1) is 0 Å². The molecule has 15 heavy (non-hydrogen) atoms. The van der Waals surface area contributed by atoms with E-state index in [0.717, 1.165) is 12.2 Å². The van der Waals surface area contributed by atoms with E-state index in [4.69, 9.17) is 10.2 Å². The van der Waals surface area contributed by atoms with Gasteiger partial charge in [-0.2, -0.15) is 0 Å². The van der Waals surface area contributed by atoms with E-state index in [1.54, 1.807) is 12.1 Å². The van der Waals surface area contributed by atoms with Crippen molar-refractivity contribution in [3.05, 3.63) is 36.4 Å². The number of carbonyl (C=O) groups excluding carboxylic acids is 1. The number of carbonyl (C=O) groups is 2. The average Bonchev–Trinajstić information content (AvgIpc) is 2.15. The van der Waals surface area contributed by atoms with Gasteiger partial charge in [0.25, 0.3) is 0 Å². The van der Waals surface area contributed by atoms with Crippen LogP contribution in [-0.2, 0) is 9.59 Å². The number of carboxylic acids is 1. The molecule has 0 heterocycles. The molecule has 1 rings (SSSR count). The van der Waals surface area contributed by atoms with Crippen molar-refractivity contribution in [1.82, 2.24) is 0 Å². The number of aromatic hydroxyl groups is 1. The van der Waals surface area contributed by atoms with E-state index >= 15 is 0 Å². The third kappa shape index (κ3) is 3.95. The van der Waals surface area contributed by atoms with Crippen LogP contribution in [0.4, 0.5) is 5.69 Å². The molecular weight excluding hydrogens is 198 g/mol. The fraction of sp³-hybridized carbons (Fsp3) is 0. The lowest BCUT2D eigenvalue weighted by Gasteiger charge is -2.01. The Kier molecular flexibility index (Phi) is 3.45. The lowest BCUT2D eigenvalue weighted by Crippen LogP contribution is -2.08. The Bertz CT molecular complexity index is 412. The molecule has 0 bridgehead atoms. The molecule has 78 valence electrons. The van der Waals surface area contributed by atoms with Gasteiger partial charge in [-0.1, -0.05) is 6.07 Å². The van der Waals surface area contributed by atoms with E-state index in [1.165, 1.54) is 12.1 Å². The van der Waals surface area contributed by atoms with Crippen molar-refractivity contribution in [2.24, 2.45) is 0 Å². The van der Waals surface area contributed by atoms with Gasteiger partial charge in [0.1, 0.15) is 5.75 Å². The highest BCUT2D eigenvalue weighted by molar-refractivity contribution is 6.02. The first-order chi connectivity index (χ1) is 7.08. The maximum absolute atomic E-state index is 11.1. The average molecular weight is 207 g/mol. The summed E-state index contributed by atoms with van der Waals surface area (Å²) in [6.45, 7) is 0. The Morgan fingerprint density at radius 3 is 2.60 bits per heavy atom. The third-order valence-corrected chi connectivity index (χ3v) is 1.49. The summed E-state index contributed by atoms with van der Waals surface area (Å²) in [6.07, 6.45) is 1.63. The van der Waals surface area contributed by atoms with E-state index < -0.39 is 11.9 Å². The third-order valence-electron chi connectivity index (χ3n) is 1.49. The van der Waals surface area contributed by atoms with Crippen LogP contribution in [0.2, 0.25) is 0 Å². The van der Waals surface area contributed by atoms with E-state index in [2.05, 4.69) is 5.32 Å². The molecule has 0 spiro atoms. The van der Waals surface area contributed by atoms with Crippen molar-refractivity contribution in [2.45, 2.75) is 0 Å². The van der Waals surface area contributed by atoms with Crippen LogP contribution in [0.1, 0.15) is 0 Å². The molecule has 0 aliphatic heterocycles. The number of amides is 1. The summed E-state index contributed by atoms with van der Waals surface area (Å²) >= 11 is 0. The largest absolute Gasteiger partial charge is 0.508 e. The topological polar surface area (TPSA) is 86.6 Å². The number of hydrogen-bond donors (Lipinski definition) is 3. The number of phenolic OH excluding ortho intramolecular Hbond substituents is 1. The van der Waals surface area contributed by atoms with Gasteiger partial charge in [0.15, 0.2) is 0 Å². The summed E-state index contributed by atoms with van der Waals surface area (Å²) in [7, 11) is 0. The Morgan fingerprint density at radius 2 is 2.00 bits per heavy atom. The quantitative estimate of drug-likeness (QED) is 0.644. The van der Waals surface area contributed by atoms with Gasteiger partial charge in [0, 0.05) is 23.9 Å². The zero-order chi connectivity index (χ0) is 11.3. The van der Waals surface area contributed by atoms with Crippen molar-refractivity contribution >= 4 is 17.6 Å². The second kappa shape index (κ2) is 4.80. The second-order valence-electron chi connectivity index (χ2n) is 2.71. The molecule has 5 nitrogen and oxygen atoms in total. The van der Waals surface area contributed by atoms with E-state index in [1.807, 2.05) is 0 Å². The first kappa shape index (κ1) is 10.8. The van der Waals surface area contributed by atoms with Crippen LogP contribution >= 0.6 is 0 Å². The Hall–Kier alpha value is -2.30. The van der Waals surface area contributed by atoms with Gasteiger partial charge in [0.05, 0.1) is 0 Å². The molecule has 0 atom stereocenters. The molecular formula is C10H9NO4. The monoisotopic (exact) mass is 207 g/mol. The molecule has 0 unspecified atom stereocenters. The number of anilines is 1. The molecule has 0 aromatic heterocycles. The summed E-state index contributed by atoms with van der Waals surface area (Å²) in [5.74, 6) is -1.74. The minimum atomic E-state index is -1.19. The molecule has 1 aromatic carbocycles. The second-order valence-corrected chi connectivity index (χ2v) is 2.71. The van der Waals surface area contributed by atoms with Crippen LogP contribution < -0.4 is 5.32 Å². The predicted molar refractivity (Wildman–Crippen MR) is 53.5 cm³/mol. The van der Waals surface area contributed by atoms with Crippen molar-refractivity contribution in [3.63, 3.8) is 0 Å². The molecule has 1 aromatic rings. The van der Waals surface area contributed by atoms with E-state index in [-0.39, 0.29) is 5.75 Å². The van der Waals surface area contributed by atoms with Crippen LogP contribution in [-0.4, -0.2) is 22.1 Å². The van der Waals surface area contributed by atoms with Crippen molar-refractivity contribution in [3.8, 4) is 5.75 Å². The first-order valence-corrected chi connectivity index (χ1v) is 4.09. The number of nitrogens with one attached hydrogen (secondary N) is 1. The summed E-state index contributed by atoms with van der Waals surface area (Å²) in [4.78, 5) is 21.2. The van der Waals surface area contributed by atoms with Gasteiger partial charge in [0.2, 0.25) is 5.91 Å². The minimum absolute atomic E-state index is 0.0232. The number of hydrogen-bond acceptors (Lipinski definition) is 3. The maximum atomic E-state index is 11.1. The summed E-state index contributed by atoms with van der Waals surface area (Å²) < 4.78 is 0. The first-order valence-electron chi connectivity index (χ1n) is 4.09. The standard InChI is InChI=1S/C10H9NO4/c12-8-3-1-2-7(6-8)11-9(13)4-5-10(14)15/h1-6,12H,(H,11,13)(H,14,15)/b5-4+. The zero-order valence-corrected chi connectivity index (χ0v) is 7.68. The van der Waals surface area contributed by atoms with Gasteiger partial charge >= 0.3 is 5.97 Å². The van der Waals surface area contributed by atoms with Crippen LogP contribution in [0.15, 0.2) is 36.4 Å². The summed E-state index contributed by atoms with van der Waals surface area (Å²) in [6, 6.07) is 5.95. The minimum Gasteiger partial charge on any atom is -0.508 e. The zero-order valence-electron chi connectivity index (χ0n) is 7.68. The Morgan fingerprint density at radius 1 is 1.27 bits per heavy atom. The molecule has 1 amide bonds. The van der Waals surface area contributed by atoms with Gasteiger partial charge in [-0.25, -0.2) is 4.79 Å². The highest BCUT2D eigenvalue weighted by atomic mass is 16.4. The van der Waals surface area contributed by atoms with Gasteiger partial charge in [-0.05, 0) is 12.1 Å². The molecule has 0 radical (unpaired) electrons. The molecule has 3 N–H and O–H groups in total. The van der Waals surface area contributed by atoms with Crippen molar-refractivity contribution in [2.75, 3.05) is 5.32 Å². The number of rotatable bonds is 3. The fourth-order valence-corrected chi connectivity index (χ4v) is 0.915. The normalized spacial score (nSPS) is 10.1. The van der Waals surface area contributed by atoms with Crippen molar-refractivity contribution in [1.29, 1.82) is 0 Å². The molecule has 5 heteroatoms. The van der Waals surface area contributed by atoms with Gasteiger partial charge in [-0.15, -0.1) is 0 Å². The molecule has 0 aliphatic rings. The number of carboxylic acid groups (broad SMARTS) is 1. The Labute approximate surface area is 85.7 Å². The van der Waals surface area contributed by atoms with Gasteiger partial charge in [-0.3, -0.25) is 4.79 Å². The lowest BCUT2D eigenvalue weighted by molar-refractivity contribution is -0.131. The maximum Gasteiger partial charge on any atom is 0.328 e. The highest BCUT2D eigenvalue weighted by Gasteiger charge is 1.99. The van der Waals surface area contributed by atoms with E-state index in [0.29, 0.717) is 5.69 Å². The van der Waals surface area contributed by atoms with Crippen LogP contribution in [0.25, 0.3) is 0 Å². The number of phenols is 1. The molecule has 0 aliphatic carbocycles. The fourth-order valence-electron chi connectivity index (χ4n) is 0.915. The van der Waals surface area contributed by atoms with Crippen LogP contribution in [0.3, 0.4) is 0 Å². The summed E-state index contributed by atoms with van der Waals surface area (Å²) in [5, 5.41) is 19.7. The number of benzene rings is 1. The smallest absolute Gasteiger partial charge is 0.328 e. The molecule has 0 saturated carbocycles.